The Balaban J connectivity index is 1.59. The Bertz CT molecular complexity index is 270. The molecular weight excluding hydrogens is 188 g/mol. The van der Waals surface area contributed by atoms with Gasteiger partial charge in [0.15, 0.2) is 0 Å². The first-order valence-electron chi connectivity index (χ1n) is 5.66. The van der Waals surface area contributed by atoms with Crippen molar-refractivity contribution in [2.45, 2.75) is 25.4 Å². The zero-order valence-electron chi connectivity index (χ0n) is 8.98. The van der Waals surface area contributed by atoms with Gasteiger partial charge in [0.1, 0.15) is 0 Å². The second-order valence-electron chi connectivity index (χ2n) is 3.94. The predicted molar refractivity (Wildman–Crippen MR) is 59.8 cm³/mol. The smallest absolute Gasteiger partial charge is 0.0711 e. The number of ether oxygens (including phenoxy) is 1. The number of hydrogen-bond acceptors (Lipinski definition) is 3. The van der Waals surface area contributed by atoms with E-state index in [4.69, 9.17) is 4.74 Å². The summed E-state index contributed by atoms with van der Waals surface area (Å²) in [6.07, 6.45) is 7.48. The van der Waals surface area contributed by atoms with Crippen LogP contribution in [0.1, 0.15) is 18.4 Å². The van der Waals surface area contributed by atoms with Crippen LogP contribution in [-0.4, -0.2) is 30.8 Å². The van der Waals surface area contributed by atoms with Gasteiger partial charge < -0.3 is 10.1 Å². The second kappa shape index (κ2) is 5.83. The quantitative estimate of drug-likeness (QED) is 0.739. The minimum atomic E-state index is 0.447. The summed E-state index contributed by atoms with van der Waals surface area (Å²) in [4.78, 5) is 4.00. The van der Waals surface area contributed by atoms with Gasteiger partial charge in [-0.3, -0.25) is 4.98 Å². The molecule has 1 saturated heterocycles. The van der Waals surface area contributed by atoms with Gasteiger partial charge in [-0.2, -0.15) is 0 Å². The highest BCUT2D eigenvalue weighted by atomic mass is 16.5. The van der Waals surface area contributed by atoms with Crippen molar-refractivity contribution < 1.29 is 4.74 Å². The molecule has 2 rings (SSSR count). The molecule has 15 heavy (non-hydrogen) atoms. The van der Waals surface area contributed by atoms with E-state index in [9.17, 15) is 0 Å². The van der Waals surface area contributed by atoms with Gasteiger partial charge in [-0.05, 0) is 43.5 Å². The van der Waals surface area contributed by atoms with Gasteiger partial charge in [-0.25, -0.2) is 0 Å². The molecule has 1 aromatic heterocycles. The molecule has 82 valence electrons. The average Bonchev–Trinajstić information content (AvgIpc) is 2.79. The van der Waals surface area contributed by atoms with Gasteiger partial charge in [0.05, 0.1) is 6.10 Å². The summed E-state index contributed by atoms with van der Waals surface area (Å²) in [5.41, 5.74) is 1.35. The van der Waals surface area contributed by atoms with E-state index in [1.165, 1.54) is 5.56 Å². The van der Waals surface area contributed by atoms with Gasteiger partial charge in [0, 0.05) is 25.5 Å². The van der Waals surface area contributed by atoms with Crippen molar-refractivity contribution in [2.24, 2.45) is 0 Å². The molecule has 0 unspecified atom stereocenters. The van der Waals surface area contributed by atoms with Crippen LogP contribution in [0.5, 0.6) is 0 Å². The highest BCUT2D eigenvalue weighted by Crippen LogP contribution is 2.05. The molecule has 0 aliphatic carbocycles. The molecule has 0 bridgehead atoms. The third-order valence-electron chi connectivity index (χ3n) is 2.73. The van der Waals surface area contributed by atoms with Gasteiger partial charge in [0.25, 0.3) is 0 Å². The van der Waals surface area contributed by atoms with E-state index >= 15 is 0 Å². The first kappa shape index (κ1) is 10.6. The SMILES string of the molecule is c1cc(CCCO[C@@H]2CCNC2)ccn1. The fourth-order valence-corrected chi connectivity index (χ4v) is 1.85. The summed E-state index contributed by atoms with van der Waals surface area (Å²) in [7, 11) is 0. The lowest BCUT2D eigenvalue weighted by molar-refractivity contribution is 0.0655. The minimum absolute atomic E-state index is 0.447. The topological polar surface area (TPSA) is 34.1 Å². The Morgan fingerprint density at radius 2 is 2.27 bits per heavy atom. The second-order valence-corrected chi connectivity index (χ2v) is 3.94. The van der Waals surface area contributed by atoms with Crippen molar-refractivity contribution in [1.82, 2.24) is 10.3 Å². The van der Waals surface area contributed by atoms with Crippen LogP contribution >= 0.6 is 0 Å². The fraction of sp³-hybridized carbons (Fsp3) is 0.583. The van der Waals surface area contributed by atoms with E-state index in [1.54, 1.807) is 0 Å². The molecule has 0 aromatic carbocycles. The van der Waals surface area contributed by atoms with Gasteiger partial charge in [-0.15, -0.1) is 0 Å². The number of aryl methyl sites for hydroxylation is 1. The molecule has 1 aromatic rings. The number of nitrogens with one attached hydrogen (secondary N) is 1. The number of aromatic nitrogens is 1. The molecule has 1 aliphatic heterocycles. The highest BCUT2D eigenvalue weighted by Gasteiger charge is 2.13. The van der Waals surface area contributed by atoms with Crippen LogP contribution in [0.3, 0.4) is 0 Å². The van der Waals surface area contributed by atoms with Gasteiger partial charge in [0.2, 0.25) is 0 Å². The third-order valence-corrected chi connectivity index (χ3v) is 2.73. The highest BCUT2D eigenvalue weighted by molar-refractivity contribution is 5.09. The van der Waals surface area contributed by atoms with Crippen LogP contribution in [0.15, 0.2) is 24.5 Å². The zero-order chi connectivity index (χ0) is 10.3. The van der Waals surface area contributed by atoms with Crippen molar-refractivity contribution in [3.63, 3.8) is 0 Å². The Morgan fingerprint density at radius 3 is 3.00 bits per heavy atom. The van der Waals surface area contributed by atoms with Crippen molar-refractivity contribution in [3.8, 4) is 0 Å². The van der Waals surface area contributed by atoms with E-state index in [-0.39, 0.29) is 0 Å². The summed E-state index contributed by atoms with van der Waals surface area (Å²) in [6, 6.07) is 4.13. The molecular formula is C12H18N2O. The van der Waals surface area contributed by atoms with Crippen LogP contribution < -0.4 is 5.32 Å². The third kappa shape index (κ3) is 3.61. The maximum absolute atomic E-state index is 5.75. The van der Waals surface area contributed by atoms with Crippen LogP contribution in [0, 0.1) is 0 Å². The van der Waals surface area contributed by atoms with Crippen LogP contribution in [-0.2, 0) is 11.2 Å². The molecule has 1 fully saturated rings. The summed E-state index contributed by atoms with van der Waals surface area (Å²) in [5.74, 6) is 0. The molecule has 0 spiro atoms. The lowest BCUT2D eigenvalue weighted by atomic mass is 10.1. The largest absolute Gasteiger partial charge is 0.377 e. The average molecular weight is 206 g/mol. The molecule has 0 radical (unpaired) electrons. The maximum Gasteiger partial charge on any atom is 0.0711 e. The van der Waals surface area contributed by atoms with Crippen LogP contribution in [0.2, 0.25) is 0 Å². The Hall–Kier alpha value is -0.930. The predicted octanol–water partition coefficient (Wildman–Crippen LogP) is 1.39. The Morgan fingerprint density at radius 1 is 1.40 bits per heavy atom. The van der Waals surface area contributed by atoms with Crippen molar-refractivity contribution in [1.29, 1.82) is 0 Å². The van der Waals surface area contributed by atoms with Crippen molar-refractivity contribution in [3.05, 3.63) is 30.1 Å². The Kier molecular flexibility index (Phi) is 4.11. The van der Waals surface area contributed by atoms with E-state index < -0.39 is 0 Å². The first-order valence-corrected chi connectivity index (χ1v) is 5.66. The number of nitrogens with zero attached hydrogens (tertiary/aromatic N) is 1. The maximum atomic E-state index is 5.75. The van der Waals surface area contributed by atoms with E-state index in [0.29, 0.717) is 6.10 Å². The standard InChI is InChI=1S/C12H18N2O/c1(2-11-3-6-13-7-4-11)9-15-12-5-8-14-10-12/h3-4,6-7,12,14H,1-2,5,8-10H2/t12-/m1/s1. The van der Waals surface area contributed by atoms with E-state index in [0.717, 1.165) is 39.0 Å². The van der Waals surface area contributed by atoms with Crippen LogP contribution in [0.4, 0.5) is 0 Å². The molecule has 3 nitrogen and oxygen atoms in total. The molecule has 3 heteroatoms. The summed E-state index contributed by atoms with van der Waals surface area (Å²) < 4.78 is 5.75. The molecule has 1 atom stereocenters. The first-order chi connectivity index (χ1) is 7.45. The van der Waals surface area contributed by atoms with E-state index in [2.05, 4.69) is 22.4 Å². The lowest BCUT2D eigenvalue weighted by Crippen LogP contribution is -2.17. The summed E-state index contributed by atoms with van der Waals surface area (Å²) in [6.45, 7) is 3.00. The summed E-state index contributed by atoms with van der Waals surface area (Å²) in [5, 5.41) is 3.30. The Labute approximate surface area is 90.9 Å². The molecule has 1 N–H and O–H groups in total. The molecule has 0 amide bonds. The number of hydrogen-bond donors (Lipinski definition) is 1. The molecule has 2 heterocycles. The molecule has 0 saturated carbocycles. The normalized spacial score (nSPS) is 20.7. The van der Waals surface area contributed by atoms with Crippen LogP contribution in [0.25, 0.3) is 0 Å². The number of pyridine rings is 1. The zero-order valence-corrected chi connectivity index (χ0v) is 8.98. The van der Waals surface area contributed by atoms with Gasteiger partial charge >= 0.3 is 0 Å². The fourth-order valence-electron chi connectivity index (χ4n) is 1.85. The minimum Gasteiger partial charge on any atom is -0.377 e. The van der Waals surface area contributed by atoms with Crippen molar-refractivity contribution in [2.75, 3.05) is 19.7 Å². The summed E-state index contributed by atoms with van der Waals surface area (Å²) >= 11 is 0. The lowest BCUT2D eigenvalue weighted by Gasteiger charge is -2.09. The monoisotopic (exact) mass is 206 g/mol. The van der Waals surface area contributed by atoms with Gasteiger partial charge in [-0.1, -0.05) is 0 Å². The van der Waals surface area contributed by atoms with E-state index in [1.807, 2.05) is 12.4 Å². The van der Waals surface area contributed by atoms with Crippen molar-refractivity contribution >= 4 is 0 Å². The molecule has 1 aliphatic rings. The number of rotatable bonds is 5.